The molecule has 1 saturated heterocycles. The summed E-state index contributed by atoms with van der Waals surface area (Å²) in [6.45, 7) is 1.08. The molecule has 4 aromatic rings. The van der Waals surface area contributed by atoms with Crippen LogP contribution in [0.5, 0.6) is 5.75 Å². The summed E-state index contributed by atoms with van der Waals surface area (Å²) in [6, 6.07) is 14.3. The molecule has 0 saturated carbocycles. The van der Waals surface area contributed by atoms with Gasteiger partial charge >= 0.3 is 0 Å². The molecule has 2 heterocycles. The molecule has 172 valence electrons. The number of hydrogen-bond acceptors (Lipinski definition) is 4. The van der Waals surface area contributed by atoms with Crippen LogP contribution in [0.1, 0.15) is 39.1 Å². The van der Waals surface area contributed by atoms with Crippen LogP contribution < -0.4 is 10.5 Å². The third-order valence-electron chi connectivity index (χ3n) is 6.12. The summed E-state index contributed by atoms with van der Waals surface area (Å²) in [5.74, 6) is -0.472. The Morgan fingerprint density at radius 3 is 2.68 bits per heavy atom. The fourth-order valence-corrected chi connectivity index (χ4v) is 4.56. The molecular weight excluding hydrogens is 454 g/mol. The lowest BCUT2D eigenvalue weighted by Crippen LogP contribution is -2.23. The predicted octanol–water partition coefficient (Wildman–Crippen LogP) is 4.46. The smallest absolute Gasteiger partial charge is 0.252 e. The van der Waals surface area contributed by atoms with Crippen LogP contribution in [0.2, 0.25) is 5.02 Å². The number of hydrogen-bond donors (Lipinski definition) is 2. The number of halogens is 1. The Morgan fingerprint density at radius 2 is 1.91 bits per heavy atom. The molecular formula is C26H22ClN3O4. The molecule has 34 heavy (non-hydrogen) atoms. The molecule has 1 aliphatic heterocycles. The minimum atomic E-state index is -0.652. The van der Waals surface area contributed by atoms with Crippen LogP contribution in [0.3, 0.4) is 0 Å². The monoisotopic (exact) mass is 475 g/mol. The van der Waals surface area contributed by atoms with Crippen LogP contribution in [0.15, 0.2) is 54.7 Å². The number of Topliss-reactive ketones (excluding diaryl/α,β-unsaturated/α-hetero) is 1. The Kier molecular flexibility index (Phi) is 5.71. The first-order valence-corrected chi connectivity index (χ1v) is 11.3. The van der Waals surface area contributed by atoms with Crippen molar-refractivity contribution in [3.05, 3.63) is 76.4 Å². The van der Waals surface area contributed by atoms with Crippen molar-refractivity contribution >= 4 is 50.9 Å². The van der Waals surface area contributed by atoms with Crippen LogP contribution in [-0.2, 0) is 11.3 Å². The number of aromatic nitrogens is 1. The maximum atomic E-state index is 13.0. The van der Waals surface area contributed by atoms with Gasteiger partial charge in [-0.3, -0.25) is 14.4 Å². The minimum absolute atomic E-state index is 0.173. The molecule has 0 aliphatic carbocycles. The van der Waals surface area contributed by atoms with Gasteiger partial charge in [0.25, 0.3) is 5.91 Å². The average molecular weight is 476 g/mol. The van der Waals surface area contributed by atoms with Crippen molar-refractivity contribution in [1.82, 2.24) is 9.88 Å². The summed E-state index contributed by atoms with van der Waals surface area (Å²) in [5.41, 5.74) is 8.02. The van der Waals surface area contributed by atoms with Crippen molar-refractivity contribution < 1.29 is 19.1 Å². The Hall–Kier alpha value is -3.84. The molecule has 0 atom stereocenters. The summed E-state index contributed by atoms with van der Waals surface area (Å²) >= 11 is 6.04. The average Bonchev–Trinajstić information content (AvgIpc) is 3.42. The van der Waals surface area contributed by atoms with E-state index in [-0.39, 0.29) is 29.6 Å². The first-order valence-electron chi connectivity index (χ1n) is 11.0. The molecule has 5 rings (SSSR count). The molecule has 0 spiro atoms. The first-order chi connectivity index (χ1) is 16.4. The van der Waals surface area contributed by atoms with Gasteiger partial charge in [0, 0.05) is 47.2 Å². The van der Waals surface area contributed by atoms with Gasteiger partial charge in [-0.1, -0.05) is 29.8 Å². The molecule has 8 heteroatoms. The number of benzene rings is 3. The highest BCUT2D eigenvalue weighted by Gasteiger charge is 2.21. The number of nitrogens with two attached hydrogens (primary N) is 1. The summed E-state index contributed by atoms with van der Waals surface area (Å²) in [6.07, 6.45) is 3.15. The molecule has 1 aliphatic rings. The SMILES string of the molecule is NC(=O)c1cc2cc(Cl)ccc2cc1OCC(=O)c1c[nH]c2cc(CN3CCCC3=O)ccc12. The third-order valence-corrected chi connectivity index (χ3v) is 6.35. The number of primary amides is 1. The van der Waals surface area contributed by atoms with Gasteiger partial charge < -0.3 is 20.4 Å². The summed E-state index contributed by atoms with van der Waals surface area (Å²) in [7, 11) is 0. The van der Waals surface area contributed by atoms with Gasteiger partial charge in [-0.25, -0.2) is 0 Å². The van der Waals surface area contributed by atoms with Gasteiger partial charge in [-0.05, 0) is 53.1 Å². The Labute approximate surface area is 200 Å². The predicted molar refractivity (Wildman–Crippen MR) is 130 cm³/mol. The van der Waals surface area contributed by atoms with Gasteiger partial charge in [0.15, 0.2) is 6.61 Å². The fraction of sp³-hybridized carbons (Fsp3) is 0.192. The number of H-pyrrole nitrogens is 1. The second-order valence-corrected chi connectivity index (χ2v) is 8.85. The number of amides is 2. The van der Waals surface area contributed by atoms with E-state index in [2.05, 4.69) is 4.98 Å². The van der Waals surface area contributed by atoms with Crippen LogP contribution in [0, 0.1) is 0 Å². The number of likely N-dealkylation sites (tertiary alicyclic amines) is 1. The number of carbonyl (C=O) groups is 3. The number of fused-ring (bicyclic) bond motifs is 2. The van der Waals surface area contributed by atoms with Crippen LogP contribution >= 0.6 is 11.6 Å². The number of ether oxygens (including phenoxy) is 1. The highest BCUT2D eigenvalue weighted by molar-refractivity contribution is 6.31. The van der Waals surface area contributed by atoms with Gasteiger partial charge in [-0.2, -0.15) is 0 Å². The zero-order valence-corrected chi connectivity index (χ0v) is 19.0. The highest BCUT2D eigenvalue weighted by Crippen LogP contribution is 2.29. The Balaban J connectivity index is 1.35. The van der Waals surface area contributed by atoms with Gasteiger partial charge in [0.05, 0.1) is 5.56 Å². The Morgan fingerprint density at radius 1 is 1.06 bits per heavy atom. The van der Waals surface area contributed by atoms with Crippen LogP contribution in [0.25, 0.3) is 21.7 Å². The molecule has 3 N–H and O–H groups in total. The molecule has 1 fully saturated rings. The van der Waals surface area contributed by atoms with Gasteiger partial charge in [0.2, 0.25) is 11.7 Å². The quantitative estimate of drug-likeness (QED) is 0.385. The van der Waals surface area contributed by atoms with E-state index in [0.29, 0.717) is 23.6 Å². The van der Waals surface area contributed by atoms with Crippen LogP contribution in [-0.4, -0.2) is 40.6 Å². The maximum absolute atomic E-state index is 13.0. The number of ketones is 1. The number of carbonyl (C=O) groups excluding carboxylic acids is 3. The first kappa shape index (κ1) is 22.0. The van der Waals surface area contributed by atoms with E-state index in [1.807, 2.05) is 29.2 Å². The lowest BCUT2D eigenvalue weighted by molar-refractivity contribution is -0.128. The highest BCUT2D eigenvalue weighted by atomic mass is 35.5. The second kappa shape index (κ2) is 8.83. The Bertz CT molecular complexity index is 1460. The zero-order valence-electron chi connectivity index (χ0n) is 18.3. The summed E-state index contributed by atoms with van der Waals surface area (Å²) in [5, 5.41) is 2.88. The normalized spacial score (nSPS) is 13.7. The fourth-order valence-electron chi connectivity index (χ4n) is 4.37. The number of aromatic amines is 1. The molecule has 0 radical (unpaired) electrons. The minimum Gasteiger partial charge on any atom is -0.485 e. The van der Waals surface area contributed by atoms with E-state index in [0.717, 1.165) is 40.2 Å². The van der Waals surface area contributed by atoms with Crippen molar-refractivity contribution in [2.75, 3.05) is 13.2 Å². The molecule has 0 bridgehead atoms. The largest absolute Gasteiger partial charge is 0.485 e. The van der Waals surface area contributed by atoms with Crippen molar-refractivity contribution in [2.24, 2.45) is 5.73 Å². The van der Waals surface area contributed by atoms with E-state index < -0.39 is 5.91 Å². The molecule has 2 amide bonds. The summed E-state index contributed by atoms with van der Waals surface area (Å²) in [4.78, 5) is 41.8. The zero-order chi connectivity index (χ0) is 23.8. The lowest BCUT2D eigenvalue weighted by atomic mass is 10.1. The van der Waals surface area contributed by atoms with E-state index in [1.165, 1.54) is 0 Å². The second-order valence-electron chi connectivity index (χ2n) is 8.42. The maximum Gasteiger partial charge on any atom is 0.252 e. The summed E-state index contributed by atoms with van der Waals surface area (Å²) < 4.78 is 5.75. The van der Waals surface area contributed by atoms with E-state index >= 15 is 0 Å². The third kappa shape index (κ3) is 4.22. The molecule has 7 nitrogen and oxygen atoms in total. The topological polar surface area (TPSA) is 105 Å². The number of nitrogens with zero attached hydrogens (tertiary/aromatic N) is 1. The van der Waals surface area contributed by atoms with Gasteiger partial charge in [0.1, 0.15) is 5.75 Å². The standard InChI is InChI=1S/C26H22ClN3O4/c27-18-5-4-16-11-24(20(26(28)33)10-17(16)9-18)34-14-23(31)21-12-29-22-8-15(3-6-19(21)22)13-30-7-1-2-25(30)32/h3-6,8-12,29H,1-2,7,13-14H2,(H2,28,33). The van der Waals surface area contributed by atoms with Crippen molar-refractivity contribution in [2.45, 2.75) is 19.4 Å². The lowest BCUT2D eigenvalue weighted by Gasteiger charge is -2.15. The van der Waals surface area contributed by atoms with E-state index in [9.17, 15) is 14.4 Å². The van der Waals surface area contributed by atoms with E-state index in [4.69, 9.17) is 22.1 Å². The van der Waals surface area contributed by atoms with Crippen LogP contribution in [0.4, 0.5) is 0 Å². The molecule has 1 aromatic heterocycles. The molecule has 0 unspecified atom stereocenters. The number of nitrogens with one attached hydrogen (secondary N) is 1. The molecule has 3 aromatic carbocycles. The van der Waals surface area contributed by atoms with E-state index in [1.54, 1.807) is 30.5 Å². The van der Waals surface area contributed by atoms with Crippen molar-refractivity contribution in [1.29, 1.82) is 0 Å². The number of rotatable bonds is 7. The van der Waals surface area contributed by atoms with Gasteiger partial charge in [-0.15, -0.1) is 0 Å². The van der Waals surface area contributed by atoms with Crippen molar-refractivity contribution in [3.8, 4) is 5.75 Å². The van der Waals surface area contributed by atoms with Crippen molar-refractivity contribution in [3.63, 3.8) is 0 Å².